The molecule has 174 valence electrons. The highest BCUT2D eigenvalue weighted by Crippen LogP contribution is 2.38. The first-order chi connectivity index (χ1) is 16.3. The van der Waals surface area contributed by atoms with E-state index < -0.39 is 21.7 Å². The van der Waals surface area contributed by atoms with Crippen molar-refractivity contribution in [3.8, 4) is 23.0 Å². The van der Waals surface area contributed by atoms with Crippen LogP contribution in [-0.2, 0) is 9.59 Å². The van der Waals surface area contributed by atoms with Gasteiger partial charge in [0.15, 0.2) is 23.0 Å². The van der Waals surface area contributed by atoms with E-state index in [-0.39, 0.29) is 59.1 Å². The number of nitrogens with one attached hydrogen (secondary N) is 2. The zero-order chi connectivity index (χ0) is 24.2. The van der Waals surface area contributed by atoms with Crippen molar-refractivity contribution < 1.29 is 38.4 Å². The molecule has 2 aromatic rings. The Hall–Kier alpha value is -5.28. The van der Waals surface area contributed by atoms with Gasteiger partial charge in [-0.05, 0) is 12.1 Å². The Bertz CT molecular complexity index is 1180. The molecule has 0 bridgehead atoms. The lowest BCUT2D eigenvalue weighted by atomic mass is 10.1. The highest BCUT2D eigenvalue weighted by molar-refractivity contribution is 6.35. The SMILES string of the molecule is O=C(NN=Cc1cc2c(cc1[N+](=O)[O-])OCO2)C(=O)NN=Cc1cc2c(cc1[N+](=O)[O-])OCO2. The number of nitro benzene ring substituents is 2. The van der Waals surface area contributed by atoms with E-state index in [9.17, 15) is 29.8 Å². The van der Waals surface area contributed by atoms with Crippen molar-refractivity contribution in [2.75, 3.05) is 13.6 Å². The maximum absolute atomic E-state index is 11.9. The van der Waals surface area contributed by atoms with Gasteiger partial charge in [-0.15, -0.1) is 0 Å². The Labute approximate surface area is 188 Å². The molecule has 16 heteroatoms. The zero-order valence-electron chi connectivity index (χ0n) is 16.7. The molecule has 34 heavy (non-hydrogen) atoms. The van der Waals surface area contributed by atoms with Crippen LogP contribution < -0.4 is 29.8 Å². The van der Waals surface area contributed by atoms with Crippen LogP contribution in [0.2, 0.25) is 0 Å². The Kier molecular flexibility index (Phi) is 5.85. The second kappa shape index (κ2) is 9.07. The zero-order valence-corrected chi connectivity index (χ0v) is 16.7. The number of carbonyl (C=O) groups excluding carboxylic acids is 2. The predicted octanol–water partition coefficient (Wildman–Crippen LogP) is 0.561. The standard InChI is InChI=1S/C18H12N6O10/c25-17(21-19-5-9-1-13-15(33-7-31-13)3-11(9)23(27)28)18(26)22-20-6-10-2-14-16(34-8-32-14)4-12(10)24(29)30/h1-6H,7-8H2,(H,21,25)(H,22,26). The summed E-state index contributed by atoms with van der Waals surface area (Å²) in [4.78, 5) is 44.8. The second-order valence-electron chi connectivity index (χ2n) is 6.44. The van der Waals surface area contributed by atoms with Gasteiger partial charge in [-0.25, -0.2) is 10.9 Å². The van der Waals surface area contributed by atoms with Gasteiger partial charge in [-0.1, -0.05) is 0 Å². The highest BCUT2D eigenvalue weighted by atomic mass is 16.7. The van der Waals surface area contributed by atoms with Crippen LogP contribution in [0.25, 0.3) is 0 Å². The Morgan fingerprint density at radius 1 is 0.735 bits per heavy atom. The van der Waals surface area contributed by atoms with E-state index in [1.807, 2.05) is 10.9 Å². The molecule has 2 aliphatic rings. The summed E-state index contributed by atoms with van der Waals surface area (Å²) in [5, 5.41) is 29.5. The summed E-state index contributed by atoms with van der Waals surface area (Å²) in [6.45, 7) is -0.195. The van der Waals surface area contributed by atoms with E-state index in [2.05, 4.69) is 10.2 Å². The molecule has 4 rings (SSSR count). The topological polar surface area (TPSA) is 206 Å². The van der Waals surface area contributed by atoms with Crippen LogP contribution in [0.4, 0.5) is 11.4 Å². The number of hydrogen-bond donors (Lipinski definition) is 2. The molecule has 2 heterocycles. The summed E-state index contributed by atoms with van der Waals surface area (Å²) in [6.07, 6.45) is 1.90. The first-order valence-corrected chi connectivity index (χ1v) is 9.16. The minimum Gasteiger partial charge on any atom is -0.454 e. The fourth-order valence-corrected chi connectivity index (χ4v) is 2.84. The minimum atomic E-state index is -1.25. The van der Waals surface area contributed by atoms with Crippen molar-refractivity contribution in [1.29, 1.82) is 0 Å². The molecule has 0 saturated heterocycles. The monoisotopic (exact) mass is 472 g/mol. The van der Waals surface area contributed by atoms with E-state index in [4.69, 9.17) is 18.9 Å². The molecule has 16 nitrogen and oxygen atoms in total. The van der Waals surface area contributed by atoms with Crippen LogP contribution in [0.1, 0.15) is 11.1 Å². The van der Waals surface area contributed by atoms with Gasteiger partial charge in [0.05, 0.1) is 45.5 Å². The number of hydrogen-bond acceptors (Lipinski definition) is 12. The van der Waals surface area contributed by atoms with E-state index in [1.165, 1.54) is 12.1 Å². The molecule has 0 aliphatic carbocycles. The van der Waals surface area contributed by atoms with Crippen LogP contribution in [-0.4, -0.2) is 47.7 Å². The number of nitrogens with zero attached hydrogens (tertiary/aromatic N) is 4. The molecule has 0 unspecified atom stereocenters. The van der Waals surface area contributed by atoms with Crippen molar-refractivity contribution >= 4 is 35.6 Å². The predicted molar refractivity (Wildman–Crippen MR) is 110 cm³/mol. The quantitative estimate of drug-likeness (QED) is 0.258. The molecule has 0 atom stereocenters. The van der Waals surface area contributed by atoms with Crippen molar-refractivity contribution in [3.05, 3.63) is 55.6 Å². The summed E-state index contributed by atoms with van der Waals surface area (Å²) >= 11 is 0. The van der Waals surface area contributed by atoms with Gasteiger partial charge < -0.3 is 18.9 Å². The number of carbonyl (C=O) groups is 2. The molecule has 2 amide bonds. The molecule has 0 spiro atoms. The van der Waals surface area contributed by atoms with E-state index in [0.717, 1.165) is 24.6 Å². The fraction of sp³-hybridized carbons (Fsp3) is 0.111. The lowest BCUT2D eigenvalue weighted by molar-refractivity contribution is -0.385. The molecule has 0 saturated carbocycles. The fourth-order valence-electron chi connectivity index (χ4n) is 2.84. The van der Waals surface area contributed by atoms with Gasteiger partial charge in [-0.2, -0.15) is 10.2 Å². The van der Waals surface area contributed by atoms with E-state index in [0.29, 0.717) is 0 Å². The lowest BCUT2D eigenvalue weighted by Crippen LogP contribution is -2.35. The van der Waals surface area contributed by atoms with Gasteiger partial charge in [0.2, 0.25) is 13.6 Å². The van der Waals surface area contributed by atoms with Crippen LogP contribution >= 0.6 is 0 Å². The summed E-state index contributed by atoms with van der Waals surface area (Å²) in [7, 11) is 0. The van der Waals surface area contributed by atoms with Gasteiger partial charge in [-0.3, -0.25) is 29.8 Å². The average molecular weight is 472 g/mol. The molecule has 0 fully saturated rings. The third kappa shape index (κ3) is 4.49. The number of ether oxygens (including phenoxy) is 4. The summed E-state index contributed by atoms with van der Waals surface area (Å²) in [6, 6.07) is 4.86. The molecule has 2 N–H and O–H groups in total. The third-order valence-electron chi connectivity index (χ3n) is 4.38. The molecule has 2 aliphatic heterocycles. The first kappa shape index (κ1) is 21.9. The van der Waals surface area contributed by atoms with Crippen molar-refractivity contribution in [2.24, 2.45) is 10.2 Å². The van der Waals surface area contributed by atoms with Gasteiger partial charge in [0.25, 0.3) is 11.4 Å². The number of fused-ring (bicyclic) bond motifs is 2. The lowest BCUT2D eigenvalue weighted by Gasteiger charge is -2.02. The third-order valence-corrected chi connectivity index (χ3v) is 4.38. The number of benzene rings is 2. The molecule has 0 radical (unpaired) electrons. The maximum Gasteiger partial charge on any atom is 0.331 e. The van der Waals surface area contributed by atoms with Crippen LogP contribution in [0.5, 0.6) is 23.0 Å². The number of rotatable bonds is 6. The minimum absolute atomic E-state index is 0.0110. The van der Waals surface area contributed by atoms with Crippen molar-refractivity contribution in [1.82, 2.24) is 10.9 Å². The molecule has 2 aromatic carbocycles. The number of amides is 2. The smallest absolute Gasteiger partial charge is 0.331 e. The van der Waals surface area contributed by atoms with Crippen LogP contribution in [0.15, 0.2) is 34.5 Å². The highest BCUT2D eigenvalue weighted by Gasteiger charge is 2.24. The molecule has 0 aromatic heterocycles. The van der Waals surface area contributed by atoms with E-state index >= 15 is 0 Å². The largest absolute Gasteiger partial charge is 0.454 e. The second-order valence-corrected chi connectivity index (χ2v) is 6.44. The van der Waals surface area contributed by atoms with Crippen molar-refractivity contribution in [3.63, 3.8) is 0 Å². The van der Waals surface area contributed by atoms with Gasteiger partial charge in [0.1, 0.15) is 0 Å². The molecular weight excluding hydrogens is 460 g/mol. The Balaban J connectivity index is 1.39. The Morgan fingerprint density at radius 2 is 1.09 bits per heavy atom. The Morgan fingerprint density at radius 3 is 1.44 bits per heavy atom. The van der Waals surface area contributed by atoms with E-state index in [1.54, 1.807) is 0 Å². The van der Waals surface area contributed by atoms with Crippen molar-refractivity contribution in [2.45, 2.75) is 0 Å². The van der Waals surface area contributed by atoms with Crippen LogP contribution in [0, 0.1) is 20.2 Å². The van der Waals surface area contributed by atoms with Gasteiger partial charge >= 0.3 is 11.8 Å². The summed E-state index contributed by atoms with van der Waals surface area (Å²) < 4.78 is 20.4. The maximum atomic E-state index is 11.9. The molecular formula is C18H12N6O10. The van der Waals surface area contributed by atoms with Gasteiger partial charge in [0, 0.05) is 0 Å². The number of nitro groups is 2. The average Bonchev–Trinajstić information content (AvgIpc) is 3.45. The number of hydrazone groups is 2. The summed E-state index contributed by atoms with van der Waals surface area (Å²) in [5.41, 5.74) is 3.02. The van der Waals surface area contributed by atoms with Crippen LogP contribution in [0.3, 0.4) is 0 Å². The first-order valence-electron chi connectivity index (χ1n) is 9.16. The normalized spacial score (nSPS) is 13.3. The summed E-state index contributed by atoms with van der Waals surface area (Å²) in [5.74, 6) is -1.62.